The van der Waals surface area contributed by atoms with Gasteiger partial charge in [0.1, 0.15) is 0 Å². The second-order valence-electron chi connectivity index (χ2n) is 11.5. The molecule has 0 nitrogen and oxygen atoms in total. The quantitative estimate of drug-likeness (QED) is 0.358. The molecule has 2 heteroatoms. The second-order valence-corrected chi connectivity index (χ2v) is 11.5. The molecule has 0 saturated heterocycles. The molecule has 4 rings (SSSR count). The van der Waals surface area contributed by atoms with Gasteiger partial charge in [-0.1, -0.05) is 44.1 Å². The minimum absolute atomic E-state index is 0.209. The Hall–Kier alpha value is -1.18. The maximum Gasteiger partial charge on any atom is 0.162 e. The van der Waals surface area contributed by atoms with Crippen LogP contribution in [0.4, 0.5) is 8.78 Å². The van der Waals surface area contributed by atoms with Crippen LogP contribution in [-0.2, 0) is 6.42 Å². The number of benzene rings is 1. The molecule has 3 aliphatic rings. The van der Waals surface area contributed by atoms with Gasteiger partial charge in [-0.15, -0.1) is 0 Å². The molecule has 1 aromatic rings. The number of rotatable bonds is 7. The first kappa shape index (κ1) is 24.9. The fourth-order valence-electron chi connectivity index (χ4n) is 7.63. The number of aryl methyl sites for hydroxylation is 1. The third-order valence-electron chi connectivity index (χ3n) is 9.80. The maximum absolute atomic E-state index is 14.6. The summed E-state index contributed by atoms with van der Waals surface area (Å²) in [6.07, 6.45) is 23.8. The number of halogens is 2. The lowest BCUT2D eigenvalue weighted by Gasteiger charge is -2.41. The summed E-state index contributed by atoms with van der Waals surface area (Å²) in [7, 11) is 0. The van der Waals surface area contributed by atoms with Crippen molar-refractivity contribution in [1.82, 2.24) is 0 Å². The van der Waals surface area contributed by atoms with Crippen LogP contribution in [0.1, 0.15) is 121 Å². The van der Waals surface area contributed by atoms with E-state index in [4.69, 9.17) is 0 Å². The Morgan fingerprint density at radius 2 is 1.24 bits per heavy atom. The molecule has 0 atom stereocenters. The molecular formula is C31H46F2. The summed E-state index contributed by atoms with van der Waals surface area (Å²) >= 11 is 0. The first-order chi connectivity index (χ1) is 16.1. The summed E-state index contributed by atoms with van der Waals surface area (Å²) in [5.41, 5.74) is 1.14. The van der Waals surface area contributed by atoms with E-state index in [1.165, 1.54) is 77.0 Å². The number of hydrogen-bond acceptors (Lipinski definition) is 0. The highest BCUT2D eigenvalue weighted by atomic mass is 19.2. The summed E-state index contributed by atoms with van der Waals surface area (Å²) in [6, 6.07) is 3.67. The van der Waals surface area contributed by atoms with Gasteiger partial charge in [0.15, 0.2) is 11.6 Å². The Kier molecular flexibility index (Phi) is 9.05. The van der Waals surface area contributed by atoms with Crippen molar-refractivity contribution in [2.24, 2.45) is 29.6 Å². The van der Waals surface area contributed by atoms with Crippen molar-refractivity contribution < 1.29 is 8.78 Å². The Labute approximate surface area is 201 Å². The van der Waals surface area contributed by atoms with E-state index in [9.17, 15) is 8.78 Å². The van der Waals surface area contributed by atoms with E-state index >= 15 is 0 Å². The van der Waals surface area contributed by atoms with Crippen LogP contribution in [0.15, 0.2) is 24.3 Å². The highest BCUT2D eigenvalue weighted by Gasteiger charge is 2.35. The summed E-state index contributed by atoms with van der Waals surface area (Å²) in [6.45, 7) is 4.01. The van der Waals surface area contributed by atoms with Crippen LogP contribution in [-0.4, -0.2) is 0 Å². The molecule has 184 valence electrons. The van der Waals surface area contributed by atoms with Crippen molar-refractivity contribution in [3.8, 4) is 0 Å². The Balaban J connectivity index is 1.20. The fourth-order valence-corrected chi connectivity index (χ4v) is 7.63. The Morgan fingerprint density at radius 3 is 1.76 bits per heavy atom. The summed E-state index contributed by atoms with van der Waals surface area (Å²) in [5, 5.41) is 0. The van der Waals surface area contributed by atoms with Crippen molar-refractivity contribution in [1.29, 1.82) is 0 Å². The van der Waals surface area contributed by atoms with Crippen LogP contribution in [0.5, 0.6) is 0 Å². The molecule has 3 saturated carbocycles. The molecule has 0 N–H and O–H groups in total. The van der Waals surface area contributed by atoms with Crippen molar-refractivity contribution in [2.45, 2.75) is 116 Å². The van der Waals surface area contributed by atoms with Crippen molar-refractivity contribution in [2.75, 3.05) is 0 Å². The third kappa shape index (κ3) is 6.09. The Morgan fingerprint density at radius 1 is 0.727 bits per heavy atom. The summed E-state index contributed by atoms with van der Waals surface area (Å²) < 4.78 is 28.9. The standard InChI is InChI=1S/C31H46F2/c1-3-5-6-7-22-8-10-24(11-9-22)25-12-14-26(15-13-25)27-16-18-28(19-17-27)29-21-20-23(4-2)30(32)31(29)33/h3,5,20-22,24-28H,4,6-19H2,1-2H3. The van der Waals surface area contributed by atoms with Gasteiger partial charge in [-0.25, -0.2) is 8.78 Å². The Bertz CT molecular complexity index is 757. The van der Waals surface area contributed by atoms with E-state index in [1.54, 1.807) is 6.07 Å². The lowest BCUT2D eigenvalue weighted by atomic mass is 9.64. The zero-order valence-electron chi connectivity index (χ0n) is 21.1. The normalized spacial score (nSPS) is 33.5. The average Bonchev–Trinajstić information content (AvgIpc) is 2.87. The molecule has 0 heterocycles. The van der Waals surface area contributed by atoms with Gasteiger partial charge in [0.2, 0.25) is 0 Å². The minimum Gasteiger partial charge on any atom is -0.203 e. The molecule has 33 heavy (non-hydrogen) atoms. The highest BCUT2D eigenvalue weighted by Crippen LogP contribution is 2.47. The molecule has 0 aliphatic heterocycles. The van der Waals surface area contributed by atoms with Gasteiger partial charge in [0.05, 0.1) is 0 Å². The van der Waals surface area contributed by atoms with Crippen molar-refractivity contribution in [3.63, 3.8) is 0 Å². The first-order valence-electron chi connectivity index (χ1n) is 14.2. The van der Waals surface area contributed by atoms with E-state index in [0.717, 1.165) is 42.4 Å². The SMILES string of the molecule is CC=CCCC1CCC(C2CCC(C3CCC(c4ccc(CC)c(F)c4F)CC3)CC2)CC1. The summed E-state index contributed by atoms with van der Waals surface area (Å²) in [4.78, 5) is 0. The predicted octanol–water partition coefficient (Wildman–Crippen LogP) is 9.77. The number of allylic oxidation sites excluding steroid dienone is 2. The van der Waals surface area contributed by atoms with Crippen LogP contribution < -0.4 is 0 Å². The monoisotopic (exact) mass is 456 g/mol. The van der Waals surface area contributed by atoms with Crippen LogP contribution in [0.2, 0.25) is 0 Å². The van der Waals surface area contributed by atoms with Crippen molar-refractivity contribution in [3.05, 3.63) is 47.0 Å². The molecule has 0 unspecified atom stereocenters. The van der Waals surface area contributed by atoms with E-state index in [2.05, 4.69) is 19.1 Å². The van der Waals surface area contributed by atoms with E-state index < -0.39 is 11.6 Å². The maximum atomic E-state index is 14.6. The van der Waals surface area contributed by atoms with Gasteiger partial charge >= 0.3 is 0 Å². The van der Waals surface area contributed by atoms with Crippen LogP contribution in [0.25, 0.3) is 0 Å². The average molecular weight is 457 g/mol. The van der Waals surface area contributed by atoms with E-state index in [0.29, 0.717) is 17.5 Å². The molecule has 0 aromatic heterocycles. The molecule has 0 bridgehead atoms. The molecule has 1 aromatic carbocycles. The zero-order chi connectivity index (χ0) is 23.2. The largest absolute Gasteiger partial charge is 0.203 e. The molecule has 0 spiro atoms. The lowest BCUT2D eigenvalue weighted by molar-refractivity contribution is 0.109. The van der Waals surface area contributed by atoms with E-state index in [1.807, 2.05) is 13.0 Å². The highest BCUT2D eigenvalue weighted by molar-refractivity contribution is 5.29. The molecule has 3 aliphatic carbocycles. The smallest absolute Gasteiger partial charge is 0.162 e. The molecular weight excluding hydrogens is 410 g/mol. The van der Waals surface area contributed by atoms with Gasteiger partial charge in [-0.3, -0.25) is 0 Å². The summed E-state index contributed by atoms with van der Waals surface area (Å²) in [5.74, 6) is 3.65. The van der Waals surface area contributed by atoms with Gasteiger partial charge in [-0.05, 0) is 137 Å². The third-order valence-corrected chi connectivity index (χ3v) is 9.80. The minimum atomic E-state index is -0.609. The topological polar surface area (TPSA) is 0 Å². The van der Waals surface area contributed by atoms with Crippen LogP contribution in [0.3, 0.4) is 0 Å². The van der Waals surface area contributed by atoms with Crippen LogP contribution in [0, 0.1) is 41.2 Å². The zero-order valence-corrected chi connectivity index (χ0v) is 21.1. The number of hydrogen-bond donors (Lipinski definition) is 0. The lowest BCUT2D eigenvalue weighted by Crippen LogP contribution is -2.29. The van der Waals surface area contributed by atoms with Gasteiger partial charge < -0.3 is 0 Å². The first-order valence-corrected chi connectivity index (χ1v) is 14.2. The predicted molar refractivity (Wildman–Crippen MR) is 135 cm³/mol. The second kappa shape index (κ2) is 12.0. The molecule has 0 amide bonds. The molecule has 3 fully saturated rings. The molecule has 0 radical (unpaired) electrons. The fraction of sp³-hybridized carbons (Fsp3) is 0.742. The van der Waals surface area contributed by atoms with Gasteiger partial charge in [0.25, 0.3) is 0 Å². The van der Waals surface area contributed by atoms with Gasteiger partial charge in [0, 0.05) is 0 Å². The van der Waals surface area contributed by atoms with Crippen LogP contribution >= 0.6 is 0 Å². The van der Waals surface area contributed by atoms with Gasteiger partial charge in [-0.2, -0.15) is 0 Å². The van der Waals surface area contributed by atoms with E-state index in [-0.39, 0.29) is 5.92 Å². The van der Waals surface area contributed by atoms with Crippen molar-refractivity contribution >= 4 is 0 Å².